The molecule has 0 aliphatic carbocycles. The van der Waals surface area contributed by atoms with Crippen LogP contribution in [-0.2, 0) is 0 Å². The first-order valence-electron chi connectivity index (χ1n) is 9.65. The number of benzene rings is 2. The van der Waals surface area contributed by atoms with Gasteiger partial charge in [-0.1, -0.05) is 19.4 Å². The first kappa shape index (κ1) is 22.4. The van der Waals surface area contributed by atoms with Gasteiger partial charge in [-0.2, -0.15) is 0 Å². The third kappa shape index (κ3) is 7.54. The van der Waals surface area contributed by atoms with E-state index in [0.29, 0.717) is 23.4 Å². The van der Waals surface area contributed by atoms with Crippen LogP contribution in [-0.4, -0.2) is 29.6 Å². The summed E-state index contributed by atoms with van der Waals surface area (Å²) in [6, 6.07) is 13.9. The zero-order valence-electron chi connectivity index (χ0n) is 17.0. The number of rotatable bonds is 8. The summed E-state index contributed by atoms with van der Waals surface area (Å²) in [4.78, 5) is 24.5. The number of hydrogen-bond donors (Lipinski definition) is 3. The van der Waals surface area contributed by atoms with Gasteiger partial charge in [-0.15, -0.1) is 0 Å². The lowest BCUT2D eigenvalue weighted by molar-refractivity contribution is 0.0941. The van der Waals surface area contributed by atoms with Crippen LogP contribution in [0, 0.1) is 0 Å². The molecule has 0 aliphatic rings. The Balaban J connectivity index is 1.91. The Morgan fingerprint density at radius 3 is 2.41 bits per heavy atom. The minimum Gasteiger partial charge on any atom is -0.494 e. The molecule has 0 saturated heterocycles. The van der Waals surface area contributed by atoms with Crippen molar-refractivity contribution in [1.29, 1.82) is 0 Å². The lowest BCUT2D eigenvalue weighted by Crippen LogP contribution is -2.34. The van der Waals surface area contributed by atoms with Crippen molar-refractivity contribution in [3.63, 3.8) is 0 Å². The molecule has 0 bridgehead atoms. The topological polar surface area (TPSA) is 79.5 Å². The molecule has 2 aromatic rings. The Morgan fingerprint density at radius 2 is 1.76 bits per heavy atom. The Morgan fingerprint density at radius 1 is 1.03 bits per heavy atom. The molecule has 0 radical (unpaired) electrons. The lowest BCUT2D eigenvalue weighted by atomic mass is 10.2. The molecule has 0 heterocycles. The molecular formula is C22H27N3O3S. The monoisotopic (exact) mass is 413 g/mol. The smallest absolute Gasteiger partial charge is 0.257 e. The van der Waals surface area contributed by atoms with E-state index in [9.17, 15) is 9.59 Å². The van der Waals surface area contributed by atoms with E-state index in [0.717, 1.165) is 18.6 Å². The molecular weight excluding hydrogens is 386 g/mol. The Kier molecular flexibility index (Phi) is 8.61. The molecule has 0 aromatic heterocycles. The average molecular weight is 414 g/mol. The second-order valence-corrected chi connectivity index (χ2v) is 7.25. The fourth-order valence-electron chi connectivity index (χ4n) is 2.46. The molecule has 0 atom stereocenters. The summed E-state index contributed by atoms with van der Waals surface area (Å²) >= 11 is 5.22. The van der Waals surface area contributed by atoms with E-state index in [2.05, 4.69) is 22.9 Å². The highest BCUT2D eigenvalue weighted by molar-refractivity contribution is 7.80. The minimum absolute atomic E-state index is 0.0444. The number of unbranched alkanes of at least 4 members (excludes halogenated alkanes) is 1. The third-order valence-corrected chi connectivity index (χ3v) is 4.12. The molecule has 0 saturated carbocycles. The molecule has 0 spiro atoms. The number of ether oxygens (including phenoxy) is 1. The van der Waals surface area contributed by atoms with Gasteiger partial charge in [0.1, 0.15) is 5.75 Å². The highest BCUT2D eigenvalue weighted by atomic mass is 32.1. The first-order valence-corrected chi connectivity index (χ1v) is 10.1. The lowest BCUT2D eigenvalue weighted by Gasteiger charge is -2.12. The highest BCUT2D eigenvalue weighted by Gasteiger charge is 2.10. The van der Waals surface area contributed by atoms with E-state index in [4.69, 9.17) is 17.0 Å². The molecule has 2 rings (SSSR count). The largest absolute Gasteiger partial charge is 0.494 e. The van der Waals surface area contributed by atoms with E-state index in [1.165, 1.54) is 0 Å². The summed E-state index contributed by atoms with van der Waals surface area (Å²) < 4.78 is 5.59. The number of carbonyl (C=O) groups excluding carboxylic acids is 2. The van der Waals surface area contributed by atoms with Crippen LogP contribution in [0.3, 0.4) is 0 Å². The van der Waals surface area contributed by atoms with Gasteiger partial charge in [-0.05, 0) is 75.0 Å². The van der Waals surface area contributed by atoms with Crippen molar-refractivity contribution in [3.05, 3.63) is 59.7 Å². The molecule has 0 unspecified atom stereocenters. The molecule has 0 fully saturated rings. The predicted octanol–water partition coefficient (Wildman–Crippen LogP) is 4.13. The van der Waals surface area contributed by atoms with Gasteiger partial charge in [0.25, 0.3) is 11.8 Å². The SMILES string of the molecule is CCCCOc1ccc(C(=O)NC(=S)Nc2cccc(C(=O)NC(C)C)c2)cc1. The van der Waals surface area contributed by atoms with Crippen molar-refractivity contribution < 1.29 is 14.3 Å². The highest BCUT2D eigenvalue weighted by Crippen LogP contribution is 2.14. The second kappa shape index (κ2) is 11.2. The molecule has 154 valence electrons. The zero-order chi connectivity index (χ0) is 21.2. The van der Waals surface area contributed by atoms with Crippen molar-refractivity contribution in [2.45, 2.75) is 39.7 Å². The predicted molar refractivity (Wildman–Crippen MR) is 120 cm³/mol. The van der Waals surface area contributed by atoms with Gasteiger partial charge in [-0.25, -0.2) is 0 Å². The van der Waals surface area contributed by atoms with Gasteiger partial charge in [0.05, 0.1) is 6.61 Å². The van der Waals surface area contributed by atoms with Crippen molar-refractivity contribution in [3.8, 4) is 5.75 Å². The van der Waals surface area contributed by atoms with E-state index < -0.39 is 0 Å². The number of hydrogen-bond acceptors (Lipinski definition) is 4. The molecule has 0 aliphatic heterocycles. The fraction of sp³-hybridized carbons (Fsp3) is 0.318. The molecule has 6 nitrogen and oxygen atoms in total. The Labute approximate surface area is 177 Å². The summed E-state index contributed by atoms with van der Waals surface area (Å²) in [6.45, 7) is 6.55. The first-order chi connectivity index (χ1) is 13.9. The summed E-state index contributed by atoms with van der Waals surface area (Å²) in [6.07, 6.45) is 2.05. The van der Waals surface area contributed by atoms with E-state index in [-0.39, 0.29) is 23.0 Å². The van der Waals surface area contributed by atoms with Crippen LogP contribution in [0.1, 0.15) is 54.3 Å². The molecule has 7 heteroatoms. The molecule has 3 N–H and O–H groups in total. The average Bonchev–Trinajstić information content (AvgIpc) is 2.68. The summed E-state index contributed by atoms with van der Waals surface area (Å²) in [5, 5.41) is 8.56. The van der Waals surface area contributed by atoms with Crippen LogP contribution in [0.25, 0.3) is 0 Å². The van der Waals surface area contributed by atoms with Crippen LogP contribution in [0.5, 0.6) is 5.75 Å². The van der Waals surface area contributed by atoms with Crippen LogP contribution in [0.4, 0.5) is 5.69 Å². The van der Waals surface area contributed by atoms with Gasteiger partial charge in [0, 0.05) is 22.9 Å². The summed E-state index contributed by atoms with van der Waals surface area (Å²) in [5.41, 5.74) is 1.60. The van der Waals surface area contributed by atoms with Crippen molar-refractivity contribution in [1.82, 2.24) is 10.6 Å². The fourth-order valence-corrected chi connectivity index (χ4v) is 2.67. The number of amides is 2. The maximum Gasteiger partial charge on any atom is 0.257 e. The van der Waals surface area contributed by atoms with Crippen molar-refractivity contribution >= 4 is 34.8 Å². The normalized spacial score (nSPS) is 10.3. The zero-order valence-corrected chi connectivity index (χ0v) is 17.8. The molecule has 2 amide bonds. The number of anilines is 1. The van der Waals surface area contributed by atoms with E-state index >= 15 is 0 Å². The van der Waals surface area contributed by atoms with Crippen molar-refractivity contribution in [2.24, 2.45) is 0 Å². The maximum absolute atomic E-state index is 12.4. The van der Waals surface area contributed by atoms with Gasteiger partial charge < -0.3 is 15.4 Å². The Bertz CT molecular complexity index is 851. The summed E-state index contributed by atoms with van der Waals surface area (Å²) in [5.74, 6) is 0.239. The van der Waals surface area contributed by atoms with Gasteiger partial charge >= 0.3 is 0 Å². The van der Waals surface area contributed by atoms with Gasteiger partial charge in [0.2, 0.25) is 0 Å². The van der Waals surface area contributed by atoms with Gasteiger partial charge in [-0.3, -0.25) is 14.9 Å². The Hall–Kier alpha value is -2.93. The van der Waals surface area contributed by atoms with Crippen molar-refractivity contribution in [2.75, 3.05) is 11.9 Å². The van der Waals surface area contributed by atoms with Crippen LogP contribution in [0.2, 0.25) is 0 Å². The number of nitrogens with one attached hydrogen (secondary N) is 3. The van der Waals surface area contributed by atoms with Gasteiger partial charge in [0.15, 0.2) is 5.11 Å². The quantitative estimate of drug-likeness (QED) is 0.448. The second-order valence-electron chi connectivity index (χ2n) is 6.84. The molecule has 2 aromatic carbocycles. The standard InChI is InChI=1S/C22H27N3O3S/c1-4-5-13-28-19-11-9-16(10-12-19)20(26)25-22(29)24-18-8-6-7-17(14-18)21(27)23-15(2)3/h6-12,14-15H,4-5,13H2,1-3H3,(H,23,27)(H2,24,25,26,29). The minimum atomic E-state index is -0.323. The van der Waals surface area contributed by atoms with E-state index in [1.54, 1.807) is 48.5 Å². The van der Waals surface area contributed by atoms with Crippen LogP contribution < -0.4 is 20.7 Å². The summed E-state index contributed by atoms with van der Waals surface area (Å²) in [7, 11) is 0. The maximum atomic E-state index is 12.4. The number of carbonyl (C=O) groups is 2. The third-order valence-electron chi connectivity index (χ3n) is 3.91. The van der Waals surface area contributed by atoms with Crippen LogP contribution >= 0.6 is 12.2 Å². The molecule has 29 heavy (non-hydrogen) atoms. The van der Waals surface area contributed by atoms with Crippen LogP contribution in [0.15, 0.2) is 48.5 Å². The number of thiocarbonyl (C=S) groups is 1. The van der Waals surface area contributed by atoms with E-state index in [1.807, 2.05) is 13.8 Å².